The summed E-state index contributed by atoms with van der Waals surface area (Å²) < 4.78 is 27.1. The maximum atomic E-state index is 12.4. The molecular weight excluding hydrogens is 350 g/mol. The summed E-state index contributed by atoms with van der Waals surface area (Å²) >= 11 is 0.923. The highest BCUT2D eigenvalue weighted by Gasteiger charge is 2.22. The lowest BCUT2D eigenvalue weighted by Crippen LogP contribution is -2.15. The quantitative estimate of drug-likeness (QED) is 0.840. The maximum absolute atomic E-state index is 12.4. The van der Waals surface area contributed by atoms with Crippen molar-refractivity contribution in [3.05, 3.63) is 35.2 Å². The van der Waals surface area contributed by atoms with E-state index in [-0.39, 0.29) is 15.6 Å². The van der Waals surface area contributed by atoms with E-state index in [9.17, 15) is 13.2 Å². The Labute approximate surface area is 143 Å². The number of nitrogens with zero attached hydrogens (tertiary/aromatic N) is 2. The average molecular weight is 367 g/mol. The van der Waals surface area contributed by atoms with E-state index in [1.54, 1.807) is 6.07 Å². The molecule has 0 aromatic carbocycles. The van der Waals surface area contributed by atoms with Crippen molar-refractivity contribution in [3.8, 4) is 0 Å². The van der Waals surface area contributed by atoms with Crippen LogP contribution in [0.2, 0.25) is 0 Å². The second-order valence-corrected chi connectivity index (χ2v) is 8.23. The molecule has 2 aromatic rings. The van der Waals surface area contributed by atoms with Gasteiger partial charge in [0.2, 0.25) is 0 Å². The number of anilines is 1. The van der Waals surface area contributed by atoms with Crippen molar-refractivity contribution in [3.63, 3.8) is 0 Å². The first-order chi connectivity index (χ1) is 11.5. The van der Waals surface area contributed by atoms with Crippen LogP contribution < -0.4 is 4.72 Å². The Hall–Kier alpha value is -2.00. The van der Waals surface area contributed by atoms with Crippen LogP contribution in [0.5, 0.6) is 0 Å². The van der Waals surface area contributed by atoms with Crippen molar-refractivity contribution in [2.24, 2.45) is 0 Å². The Bertz CT molecular complexity index is 825. The van der Waals surface area contributed by atoms with Crippen LogP contribution in [0.4, 0.5) is 5.00 Å². The number of hydrogen-bond donors (Lipinski definition) is 2. The van der Waals surface area contributed by atoms with Crippen molar-refractivity contribution >= 4 is 32.3 Å². The van der Waals surface area contributed by atoms with E-state index in [4.69, 9.17) is 5.11 Å². The molecule has 2 N–H and O–H groups in total. The van der Waals surface area contributed by atoms with Gasteiger partial charge >= 0.3 is 5.97 Å². The monoisotopic (exact) mass is 367 g/mol. The number of carboxylic acid groups (broad SMARTS) is 1. The summed E-state index contributed by atoms with van der Waals surface area (Å²) in [4.78, 5) is 19.0. The Kier molecular flexibility index (Phi) is 4.81. The van der Waals surface area contributed by atoms with E-state index in [1.807, 2.05) is 0 Å². The van der Waals surface area contributed by atoms with Crippen LogP contribution in [0.3, 0.4) is 0 Å². The number of nitrogens with one attached hydrogen (secondary N) is 1. The fourth-order valence-corrected chi connectivity index (χ4v) is 4.78. The number of carbonyl (C=O) groups is 1. The van der Waals surface area contributed by atoms with Gasteiger partial charge in [-0.15, -0.1) is 11.3 Å². The summed E-state index contributed by atoms with van der Waals surface area (Å²) in [7, 11) is -3.89. The standard InChI is InChI=1S/C15H17N3O4S2/c19-15(20)13-14(23-9-17-13)18-24(21,22)11-6-7-12(16-8-11)10-4-2-1-3-5-10/h6-10,18H,1-5H2,(H,19,20). The summed E-state index contributed by atoms with van der Waals surface area (Å²) in [6, 6.07) is 3.26. The molecule has 1 fully saturated rings. The highest BCUT2D eigenvalue weighted by atomic mass is 32.2. The van der Waals surface area contributed by atoms with Crippen LogP contribution in [0.15, 0.2) is 28.7 Å². The lowest BCUT2D eigenvalue weighted by Gasteiger charge is -2.21. The third-order valence-electron chi connectivity index (χ3n) is 4.09. The first kappa shape index (κ1) is 16.8. The largest absolute Gasteiger partial charge is 0.476 e. The molecule has 1 saturated carbocycles. The summed E-state index contributed by atoms with van der Waals surface area (Å²) in [5.41, 5.74) is 1.89. The van der Waals surface area contributed by atoms with Gasteiger partial charge in [-0.05, 0) is 25.0 Å². The van der Waals surface area contributed by atoms with Crippen molar-refractivity contribution in [2.45, 2.75) is 42.9 Å². The molecule has 0 spiro atoms. The molecule has 0 bridgehead atoms. The van der Waals surface area contributed by atoms with E-state index in [0.717, 1.165) is 29.9 Å². The van der Waals surface area contributed by atoms with E-state index < -0.39 is 16.0 Å². The average Bonchev–Trinajstić information content (AvgIpc) is 3.03. The molecule has 0 atom stereocenters. The van der Waals surface area contributed by atoms with E-state index in [1.165, 1.54) is 37.0 Å². The Morgan fingerprint density at radius 1 is 1.21 bits per heavy atom. The summed E-state index contributed by atoms with van der Waals surface area (Å²) in [6.07, 6.45) is 7.09. The minimum absolute atomic E-state index is 0.00629. The molecular formula is C15H17N3O4S2. The number of hydrogen-bond acceptors (Lipinski definition) is 6. The fraction of sp³-hybridized carbons (Fsp3) is 0.400. The van der Waals surface area contributed by atoms with Gasteiger partial charge in [-0.25, -0.2) is 18.2 Å². The van der Waals surface area contributed by atoms with Crippen LogP contribution in [0.25, 0.3) is 0 Å². The summed E-state index contributed by atoms with van der Waals surface area (Å²) in [5, 5.41) is 8.98. The minimum atomic E-state index is -3.89. The molecule has 24 heavy (non-hydrogen) atoms. The van der Waals surface area contributed by atoms with Gasteiger partial charge < -0.3 is 5.11 Å². The maximum Gasteiger partial charge on any atom is 0.357 e. The van der Waals surface area contributed by atoms with Crippen molar-refractivity contribution in [1.29, 1.82) is 0 Å². The number of pyridine rings is 1. The summed E-state index contributed by atoms with van der Waals surface area (Å²) in [5.74, 6) is -0.886. The molecule has 0 amide bonds. The van der Waals surface area contributed by atoms with Crippen molar-refractivity contribution in [2.75, 3.05) is 4.72 Å². The van der Waals surface area contributed by atoms with Gasteiger partial charge in [0, 0.05) is 17.8 Å². The molecule has 0 unspecified atom stereocenters. The molecule has 128 valence electrons. The molecule has 0 saturated heterocycles. The second-order valence-electron chi connectivity index (χ2n) is 5.69. The molecule has 0 radical (unpaired) electrons. The van der Waals surface area contributed by atoms with E-state index >= 15 is 0 Å². The number of thiazole rings is 1. The number of sulfonamides is 1. The Morgan fingerprint density at radius 3 is 2.58 bits per heavy atom. The molecule has 2 aromatic heterocycles. The predicted molar refractivity (Wildman–Crippen MR) is 89.9 cm³/mol. The highest BCUT2D eigenvalue weighted by Crippen LogP contribution is 2.32. The molecule has 3 rings (SSSR count). The SMILES string of the molecule is O=C(O)c1ncsc1NS(=O)(=O)c1ccc(C2CCCCC2)nc1. The highest BCUT2D eigenvalue weighted by molar-refractivity contribution is 7.93. The molecule has 2 heterocycles. The third-order valence-corrected chi connectivity index (χ3v) is 6.30. The Balaban J connectivity index is 1.79. The van der Waals surface area contributed by atoms with E-state index in [0.29, 0.717) is 5.92 Å². The second kappa shape index (κ2) is 6.86. The number of carboxylic acids is 1. The zero-order valence-corrected chi connectivity index (χ0v) is 14.4. The third kappa shape index (κ3) is 3.57. The number of aromatic nitrogens is 2. The van der Waals surface area contributed by atoms with Crippen molar-refractivity contribution in [1.82, 2.24) is 9.97 Å². The van der Waals surface area contributed by atoms with Crippen LogP contribution in [0.1, 0.15) is 54.2 Å². The molecule has 1 aliphatic carbocycles. The predicted octanol–water partition coefficient (Wildman–Crippen LogP) is 3.08. The smallest absolute Gasteiger partial charge is 0.357 e. The first-order valence-corrected chi connectivity index (χ1v) is 9.99. The van der Waals surface area contributed by atoms with Gasteiger partial charge in [0.25, 0.3) is 10.0 Å². The van der Waals surface area contributed by atoms with Gasteiger partial charge in [-0.2, -0.15) is 0 Å². The van der Waals surface area contributed by atoms with Gasteiger partial charge in [0.05, 0.1) is 5.51 Å². The molecule has 7 nitrogen and oxygen atoms in total. The normalized spacial score (nSPS) is 16.0. The van der Waals surface area contributed by atoms with Crippen LogP contribution in [-0.4, -0.2) is 29.5 Å². The number of rotatable bonds is 5. The van der Waals surface area contributed by atoms with Gasteiger partial charge in [-0.1, -0.05) is 19.3 Å². The Morgan fingerprint density at radius 2 is 1.96 bits per heavy atom. The van der Waals surface area contributed by atoms with Crippen LogP contribution in [0, 0.1) is 0 Å². The zero-order valence-electron chi connectivity index (χ0n) is 12.8. The first-order valence-electron chi connectivity index (χ1n) is 7.63. The lowest BCUT2D eigenvalue weighted by atomic mass is 9.87. The molecule has 1 aliphatic rings. The van der Waals surface area contributed by atoms with E-state index in [2.05, 4.69) is 14.7 Å². The lowest BCUT2D eigenvalue weighted by molar-refractivity contribution is 0.0692. The molecule has 0 aliphatic heterocycles. The van der Waals surface area contributed by atoms with Gasteiger partial charge in [0.1, 0.15) is 9.90 Å². The molecule has 9 heteroatoms. The van der Waals surface area contributed by atoms with Crippen LogP contribution >= 0.6 is 11.3 Å². The summed E-state index contributed by atoms with van der Waals surface area (Å²) in [6.45, 7) is 0. The van der Waals surface area contributed by atoms with Gasteiger partial charge in [0.15, 0.2) is 5.69 Å². The zero-order chi connectivity index (χ0) is 17.2. The van der Waals surface area contributed by atoms with Gasteiger partial charge in [-0.3, -0.25) is 9.71 Å². The van der Waals surface area contributed by atoms with Crippen LogP contribution in [-0.2, 0) is 10.0 Å². The minimum Gasteiger partial charge on any atom is -0.476 e. The fourth-order valence-electron chi connectivity index (χ4n) is 2.84. The topological polar surface area (TPSA) is 109 Å². The number of aromatic carboxylic acids is 1. The van der Waals surface area contributed by atoms with Crippen molar-refractivity contribution < 1.29 is 18.3 Å².